The fourth-order valence-electron chi connectivity index (χ4n) is 2.53. The quantitative estimate of drug-likeness (QED) is 0.457. The molecule has 1 aliphatic rings. The largest absolute Gasteiger partial charge is 0.392 e. The van der Waals surface area contributed by atoms with E-state index < -0.39 is 18.2 Å². The predicted molar refractivity (Wildman–Crippen MR) is 79.8 cm³/mol. The van der Waals surface area contributed by atoms with Crippen molar-refractivity contribution in [3.8, 4) is 0 Å². The van der Waals surface area contributed by atoms with E-state index in [4.69, 9.17) is 16.6 Å². The summed E-state index contributed by atoms with van der Waals surface area (Å²) < 4.78 is 1.65. The van der Waals surface area contributed by atoms with Crippen LogP contribution in [-0.2, 0) is 0 Å². The van der Waals surface area contributed by atoms with Crippen molar-refractivity contribution in [2.75, 3.05) is 18.1 Å². The topological polar surface area (TPSA) is 143 Å². The summed E-state index contributed by atoms with van der Waals surface area (Å²) in [5.74, 6) is 0.453. The van der Waals surface area contributed by atoms with E-state index in [2.05, 4.69) is 9.97 Å². The Kier molecular flexibility index (Phi) is 4.06. The maximum Gasteiger partial charge on any atom is 0.154 e. The van der Waals surface area contributed by atoms with Crippen molar-refractivity contribution in [2.45, 2.75) is 18.2 Å². The number of pyridine rings is 1. The SMILES string of the molecule is Cl.Nc1cc2c(ncn2[C@@H]2C=C(CO)[C@@H](O)[C@H]2O)c(N)n1. The van der Waals surface area contributed by atoms with Crippen LogP contribution in [0.1, 0.15) is 6.04 Å². The molecule has 7 N–H and O–H groups in total. The molecule has 2 aromatic heterocycles. The fourth-order valence-corrected chi connectivity index (χ4v) is 2.53. The second-order valence-electron chi connectivity index (χ2n) is 4.78. The molecule has 0 radical (unpaired) electrons. The molecule has 2 aromatic rings. The van der Waals surface area contributed by atoms with Crippen LogP contribution in [0.5, 0.6) is 0 Å². The Balaban J connectivity index is 0.00000161. The zero-order chi connectivity index (χ0) is 14.4. The lowest BCUT2D eigenvalue weighted by atomic mass is 10.1. The molecule has 0 saturated heterocycles. The summed E-state index contributed by atoms with van der Waals surface area (Å²) in [5, 5.41) is 29.1. The van der Waals surface area contributed by atoms with Crippen molar-refractivity contribution in [3.05, 3.63) is 24.0 Å². The molecular weight excluding hydrogens is 298 g/mol. The van der Waals surface area contributed by atoms with Gasteiger partial charge in [0, 0.05) is 6.07 Å². The number of halogens is 1. The second-order valence-corrected chi connectivity index (χ2v) is 4.78. The van der Waals surface area contributed by atoms with E-state index >= 15 is 0 Å². The Labute approximate surface area is 126 Å². The average molecular weight is 314 g/mol. The number of nitrogen functional groups attached to an aromatic ring is 2. The Morgan fingerprint density at radius 3 is 2.62 bits per heavy atom. The van der Waals surface area contributed by atoms with Crippen LogP contribution in [-0.4, -0.2) is 48.7 Å². The highest BCUT2D eigenvalue weighted by atomic mass is 35.5. The van der Waals surface area contributed by atoms with Gasteiger partial charge in [0.1, 0.15) is 23.5 Å². The number of aliphatic hydroxyl groups excluding tert-OH is 3. The van der Waals surface area contributed by atoms with E-state index in [9.17, 15) is 10.2 Å². The number of imidazole rings is 1. The highest BCUT2D eigenvalue weighted by Crippen LogP contribution is 2.32. The molecule has 1 aliphatic carbocycles. The van der Waals surface area contributed by atoms with Crippen molar-refractivity contribution >= 4 is 35.1 Å². The zero-order valence-corrected chi connectivity index (χ0v) is 11.7. The maximum absolute atomic E-state index is 10.1. The fraction of sp³-hybridized carbons (Fsp3) is 0.333. The molecule has 8 nitrogen and oxygen atoms in total. The third-order valence-corrected chi connectivity index (χ3v) is 3.55. The third-order valence-electron chi connectivity index (χ3n) is 3.55. The normalized spacial score (nSPS) is 24.9. The summed E-state index contributed by atoms with van der Waals surface area (Å²) in [5.41, 5.74) is 12.9. The monoisotopic (exact) mass is 313 g/mol. The predicted octanol–water partition coefficient (Wildman–Crippen LogP) is -0.787. The number of rotatable bonds is 2. The standard InChI is InChI=1S/C12H15N5O3.ClH/c13-8-2-6-9(12(14)16-8)15-4-17(6)7-1-5(3-18)10(19)11(7)20;/h1-2,4,7,10-11,18-20H,3H2,(H4,13,14,16);1H/t7-,10-,11+;/m1./s1. The van der Waals surface area contributed by atoms with Crippen LogP contribution in [0.25, 0.3) is 11.0 Å². The minimum Gasteiger partial charge on any atom is -0.392 e. The highest BCUT2D eigenvalue weighted by Gasteiger charge is 2.36. The van der Waals surface area contributed by atoms with E-state index in [-0.39, 0.29) is 30.6 Å². The number of nitrogens with zero attached hydrogens (tertiary/aromatic N) is 3. The summed E-state index contributed by atoms with van der Waals surface area (Å²) in [7, 11) is 0. The minimum atomic E-state index is -1.10. The first-order chi connectivity index (χ1) is 9.52. The van der Waals surface area contributed by atoms with Crippen LogP contribution >= 0.6 is 12.4 Å². The lowest BCUT2D eigenvalue weighted by Gasteiger charge is -2.19. The molecule has 114 valence electrons. The Morgan fingerprint density at radius 2 is 2.00 bits per heavy atom. The summed E-state index contributed by atoms with van der Waals surface area (Å²) in [6, 6.07) is 1.06. The van der Waals surface area contributed by atoms with Gasteiger partial charge in [0.05, 0.1) is 24.5 Å². The first kappa shape index (κ1) is 15.5. The summed E-state index contributed by atoms with van der Waals surface area (Å²) >= 11 is 0. The van der Waals surface area contributed by atoms with E-state index in [1.54, 1.807) is 16.7 Å². The summed E-state index contributed by atoms with van der Waals surface area (Å²) in [6.07, 6.45) is 0.951. The number of anilines is 2. The molecule has 2 heterocycles. The Hall–Kier alpha value is -1.87. The molecule has 21 heavy (non-hydrogen) atoms. The summed E-state index contributed by atoms with van der Waals surface area (Å²) in [4.78, 5) is 8.07. The third kappa shape index (κ3) is 2.32. The molecule has 0 spiro atoms. The van der Waals surface area contributed by atoms with Gasteiger partial charge in [-0.1, -0.05) is 6.08 Å². The number of nitrogens with two attached hydrogens (primary N) is 2. The van der Waals surface area contributed by atoms with Crippen molar-refractivity contribution in [3.63, 3.8) is 0 Å². The number of aromatic nitrogens is 3. The molecule has 0 unspecified atom stereocenters. The second kappa shape index (κ2) is 5.49. The van der Waals surface area contributed by atoms with Gasteiger partial charge in [-0.05, 0) is 5.57 Å². The van der Waals surface area contributed by atoms with Crippen molar-refractivity contribution in [2.24, 2.45) is 0 Å². The van der Waals surface area contributed by atoms with Crippen LogP contribution in [0, 0.1) is 0 Å². The lowest BCUT2D eigenvalue weighted by Crippen LogP contribution is -2.29. The Morgan fingerprint density at radius 1 is 1.29 bits per heavy atom. The molecule has 0 aromatic carbocycles. The molecule has 0 amide bonds. The van der Waals surface area contributed by atoms with Gasteiger partial charge in [-0.2, -0.15) is 0 Å². The minimum absolute atomic E-state index is 0. The van der Waals surface area contributed by atoms with Crippen LogP contribution in [0.15, 0.2) is 24.0 Å². The van der Waals surface area contributed by atoms with Gasteiger partial charge in [-0.3, -0.25) is 0 Å². The molecule has 0 fully saturated rings. The molecule has 9 heteroatoms. The average Bonchev–Trinajstić information content (AvgIpc) is 2.93. The van der Waals surface area contributed by atoms with Crippen LogP contribution in [0.3, 0.4) is 0 Å². The van der Waals surface area contributed by atoms with Crippen LogP contribution in [0.2, 0.25) is 0 Å². The molecule has 3 atom stereocenters. The van der Waals surface area contributed by atoms with E-state index in [0.717, 1.165) is 0 Å². The lowest BCUT2D eigenvalue weighted by molar-refractivity contribution is 0.0288. The van der Waals surface area contributed by atoms with Gasteiger partial charge in [0.2, 0.25) is 0 Å². The molecule has 0 bridgehead atoms. The maximum atomic E-state index is 10.1. The first-order valence-electron chi connectivity index (χ1n) is 6.09. The van der Waals surface area contributed by atoms with Gasteiger partial charge in [-0.25, -0.2) is 9.97 Å². The summed E-state index contributed by atoms with van der Waals surface area (Å²) in [6.45, 7) is -0.312. The molecule has 3 rings (SSSR count). The molecular formula is C12H16ClN5O3. The number of hydrogen-bond donors (Lipinski definition) is 5. The van der Waals surface area contributed by atoms with Crippen LogP contribution in [0.4, 0.5) is 11.6 Å². The van der Waals surface area contributed by atoms with Crippen molar-refractivity contribution in [1.29, 1.82) is 0 Å². The van der Waals surface area contributed by atoms with E-state index in [0.29, 0.717) is 16.6 Å². The van der Waals surface area contributed by atoms with Gasteiger partial charge >= 0.3 is 0 Å². The number of hydrogen-bond acceptors (Lipinski definition) is 7. The highest BCUT2D eigenvalue weighted by molar-refractivity contribution is 5.87. The molecule has 0 saturated carbocycles. The van der Waals surface area contributed by atoms with Gasteiger partial charge < -0.3 is 31.4 Å². The molecule has 0 aliphatic heterocycles. The first-order valence-corrected chi connectivity index (χ1v) is 6.09. The number of aliphatic hydroxyl groups is 3. The van der Waals surface area contributed by atoms with Crippen molar-refractivity contribution < 1.29 is 15.3 Å². The smallest absolute Gasteiger partial charge is 0.154 e. The number of fused-ring (bicyclic) bond motifs is 1. The Bertz CT molecular complexity index is 702. The van der Waals surface area contributed by atoms with Gasteiger partial charge in [0.15, 0.2) is 5.82 Å². The van der Waals surface area contributed by atoms with Gasteiger partial charge in [-0.15, -0.1) is 12.4 Å². The van der Waals surface area contributed by atoms with E-state index in [1.165, 1.54) is 6.33 Å². The van der Waals surface area contributed by atoms with E-state index in [1.807, 2.05) is 0 Å². The van der Waals surface area contributed by atoms with Crippen molar-refractivity contribution in [1.82, 2.24) is 14.5 Å². The van der Waals surface area contributed by atoms with Crippen LogP contribution < -0.4 is 11.5 Å². The zero-order valence-electron chi connectivity index (χ0n) is 10.9. The van der Waals surface area contributed by atoms with Gasteiger partial charge in [0.25, 0.3) is 0 Å².